The van der Waals surface area contributed by atoms with Crippen molar-refractivity contribution in [2.75, 3.05) is 6.61 Å². The lowest BCUT2D eigenvalue weighted by Gasteiger charge is -2.11. The Balaban J connectivity index is 1.73. The van der Waals surface area contributed by atoms with Gasteiger partial charge >= 0.3 is 12.1 Å². The molecule has 0 saturated heterocycles. The second-order valence-electron chi connectivity index (χ2n) is 6.99. The maximum absolute atomic E-state index is 12.9. The van der Waals surface area contributed by atoms with Crippen LogP contribution in [0.4, 0.5) is 18.9 Å². The number of esters is 1. The average molecular weight is 507 g/mol. The number of aromatic nitrogens is 1. The molecule has 13 heteroatoms. The van der Waals surface area contributed by atoms with Crippen LogP contribution in [0.5, 0.6) is 0 Å². The Morgan fingerprint density at radius 3 is 2.43 bits per heavy atom. The minimum atomic E-state index is -4.77. The summed E-state index contributed by atoms with van der Waals surface area (Å²) in [6.45, 7) is -0.783. The van der Waals surface area contributed by atoms with Gasteiger partial charge in [-0.15, -0.1) is 0 Å². The zero-order chi connectivity index (χ0) is 25.8. The molecule has 182 valence electrons. The Morgan fingerprint density at radius 1 is 1.09 bits per heavy atom. The minimum Gasteiger partial charge on any atom is -0.452 e. The highest BCUT2D eigenvalue weighted by Crippen LogP contribution is 2.40. The van der Waals surface area contributed by atoms with Crippen molar-refractivity contribution < 1.29 is 37.2 Å². The van der Waals surface area contributed by atoms with Crippen LogP contribution in [0.1, 0.15) is 26.4 Å². The molecule has 1 heterocycles. The number of carbonyl (C=O) groups excluding carboxylic acids is 3. The lowest BCUT2D eigenvalue weighted by atomic mass is 10.2. The Hall–Kier alpha value is -4.13. The number of nitrogens with one attached hydrogen (secondary N) is 1. The molecule has 2 amide bonds. The maximum Gasteiger partial charge on any atom is 0.416 e. The van der Waals surface area contributed by atoms with E-state index in [1.807, 2.05) is 0 Å². The van der Waals surface area contributed by atoms with E-state index in [-0.39, 0.29) is 21.0 Å². The van der Waals surface area contributed by atoms with Crippen LogP contribution in [0.2, 0.25) is 0 Å². The fourth-order valence-corrected chi connectivity index (χ4v) is 3.92. The van der Waals surface area contributed by atoms with E-state index in [0.29, 0.717) is 23.9 Å². The van der Waals surface area contributed by atoms with Gasteiger partial charge < -0.3 is 9.30 Å². The van der Waals surface area contributed by atoms with Gasteiger partial charge in [0.05, 0.1) is 20.9 Å². The summed E-state index contributed by atoms with van der Waals surface area (Å²) in [6.07, 6.45) is -3.16. The predicted molar refractivity (Wildman–Crippen MR) is 117 cm³/mol. The van der Waals surface area contributed by atoms with E-state index in [0.717, 1.165) is 6.07 Å². The quantitative estimate of drug-likeness (QED) is 0.289. The molecule has 0 radical (unpaired) electrons. The molecule has 0 aliphatic heterocycles. The van der Waals surface area contributed by atoms with E-state index in [2.05, 4.69) is 5.32 Å². The van der Waals surface area contributed by atoms with Crippen molar-refractivity contribution in [3.8, 4) is 0 Å². The Kier molecular flexibility index (Phi) is 7.59. The van der Waals surface area contributed by atoms with Crippen molar-refractivity contribution in [2.45, 2.75) is 16.0 Å². The van der Waals surface area contributed by atoms with Crippen molar-refractivity contribution in [3.63, 3.8) is 0 Å². The molecule has 2 aromatic carbocycles. The van der Waals surface area contributed by atoms with E-state index in [1.165, 1.54) is 34.9 Å². The summed E-state index contributed by atoms with van der Waals surface area (Å²) in [5.74, 6) is -2.54. The lowest BCUT2D eigenvalue weighted by molar-refractivity contribution is -0.388. The highest BCUT2D eigenvalue weighted by atomic mass is 32.2. The van der Waals surface area contributed by atoms with Crippen LogP contribution >= 0.6 is 11.8 Å². The monoisotopic (exact) mass is 507 g/mol. The molecule has 0 aliphatic rings. The maximum atomic E-state index is 12.9. The van der Waals surface area contributed by atoms with Crippen molar-refractivity contribution in [1.82, 2.24) is 9.88 Å². The van der Waals surface area contributed by atoms with Crippen LogP contribution in [0.25, 0.3) is 0 Å². The van der Waals surface area contributed by atoms with Crippen LogP contribution in [0.3, 0.4) is 0 Å². The number of nitro benzene ring substituents is 1. The number of rotatable bonds is 7. The number of halogens is 3. The van der Waals surface area contributed by atoms with E-state index in [9.17, 15) is 37.7 Å². The number of benzene rings is 2. The first-order valence-electron chi connectivity index (χ1n) is 9.72. The van der Waals surface area contributed by atoms with Gasteiger partial charge in [0.2, 0.25) is 0 Å². The first-order chi connectivity index (χ1) is 16.5. The Morgan fingerprint density at radius 2 is 1.80 bits per heavy atom. The first-order valence-corrected chi connectivity index (χ1v) is 10.5. The van der Waals surface area contributed by atoms with Crippen molar-refractivity contribution in [2.24, 2.45) is 7.05 Å². The lowest BCUT2D eigenvalue weighted by Crippen LogP contribution is -2.35. The number of carbonyl (C=O) groups is 3. The molecule has 35 heavy (non-hydrogen) atoms. The number of aryl methyl sites for hydroxylation is 1. The van der Waals surface area contributed by atoms with Crippen molar-refractivity contribution in [1.29, 1.82) is 0 Å². The number of hydrogen-bond acceptors (Lipinski definition) is 7. The Labute approximate surface area is 200 Å². The van der Waals surface area contributed by atoms with Gasteiger partial charge in [0, 0.05) is 24.2 Å². The number of alkyl halides is 3. The zero-order valence-corrected chi connectivity index (χ0v) is 18.7. The van der Waals surface area contributed by atoms with Crippen LogP contribution < -0.4 is 5.32 Å². The largest absolute Gasteiger partial charge is 0.452 e. The minimum absolute atomic E-state index is 0.0757. The van der Waals surface area contributed by atoms with Gasteiger partial charge in [0.25, 0.3) is 17.5 Å². The number of ether oxygens (including phenoxy) is 1. The second kappa shape index (κ2) is 10.4. The predicted octanol–water partition coefficient (Wildman–Crippen LogP) is 4.22. The molecule has 1 aromatic heterocycles. The molecule has 0 spiro atoms. The molecular weight excluding hydrogens is 491 g/mol. The molecule has 0 saturated carbocycles. The molecule has 9 nitrogen and oxygen atoms in total. The summed E-state index contributed by atoms with van der Waals surface area (Å²) >= 11 is 0.694. The molecule has 0 atom stereocenters. The van der Waals surface area contributed by atoms with Crippen LogP contribution in [-0.2, 0) is 22.8 Å². The fraction of sp³-hybridized carbons (Fsp3) is 0.136. The van der Waals surface area contributed by atoms with E-state index >= 15 is 0 Å². The Bertz CT molecular complexity index is 1310. The number of amides is 2. The summed E-state index contributed by atoms with van der Waals surface area (Å²) < 4.78 is 45.3. The number of imide groups is 1. The highest BCUT2D eigenvalue weighted by Gasteiger charge is 2.33. The molecule has 0 unspecified atom stereocenters. The molecule has 0 bridgehead atoms. The first kappa shape index (κ1) is 25.5. The summed E-state index contributed by atoms with van der Waals surface area (Å²) in [5.41, 5.74) is -1.83. The van der Waals surface area contributed by atoms with Crippen LogP contribution in [-0.4, -0.2) is 33.9 Å². The molecule has 3 rings (SSSR count). The normalized spacial score (nSPS) is 11.1. The smallest absolute Gasteiger partial charge is 0.416 e. The van der Waals surface area contributed by atoms with Gasteiger partial charge in [-0.3, -0.25) is 25.0 Å². The van der Waals surface area contributed by atoms with Crippen molar-refractivity contribution >= 4 is 35.2 Å². The zero-order valence-electron chi connectivity index (χ0n) is 17.9. The second-order valence-corrected chi connectivity index (χ2v) is 8.08. The molecule has 0 aliphatic carbocycles. The topological polar surface area (TPSA) is 121 Å². The summed E-state index contributed by atoms with van der Waals surface area (Å²) in [5, 5.41) is 13.4. The van der Waals surface area contributed by atoms with Gasteiger partial charge in [0.1, 0.15) is 5.69 Å². The number of nitrogens with zero attached hydrogens (tertiary/aromatic N) is 2. The van der Waals surface area contributed by atoms with E-state index in [4.69, 9.17) is 4.74 Å². The average Bonchev–Trinajstić information content (AvgIpc) is 3.23. The van der Waals surface area contributed by atoms with Gasteiger partial charge in [-0.2, -0.15) is 13.2 Å². The van der Waals surface area contributed by atoms with Gasteiger partial charge in [-0.25, -0.2) is 4.79 Å². The molecule has 1 N–H and O–H groups in total. The van der Waals surface area contributed by atoms with Gasteiger partial charge in [0.15, 0.2) is 6.61 Å². The van der Waals surface area contributed by atoms with Gasteiger partial charge in [-0.1, -0.05) is 23.9 Å². The summed E-state index contributed by atoms with van der Waals surface area (Å²) in [4.78, 5) is 47.0. The van der Waals surface area contributed by atoms with Crippen molar-refractivity contribution in [3.05, 3.63) is 87.7 Å². The fourth-order valence-electron chi connectivity index (χ4n) is 2.90. The highest BCUT2D eigenvalue weighted by molar-refractivity contribution is 7.99. The molecule has 3 aromatic rings. The molecule has 0 fully saturated rings. The third kappa shape index (κ3) is 6.26. The SMILES string of the molecule is Cn1cccc1C(=O)NC(=O)COC(=O)c1ccccc1Sc1ccc(C(F)(F)F)cc1[N+](=O)[O-]. The summed E-state index contributed by atoms with van der Waals surface area (Å²) in [7, 11) is 1.61. The van der Waals surface area contributed by atoms with Crippen LogP contribution in [0.15, 0.2) is 70.6 Å². The third-order valence-corrected chi connectivity index (χ3v) is 5.71. The standard InChI is InChI=1S/C22H16F3N3O6S/c1-27-10-4-6-15(27)20(30)26-19(29)12-34-21(31)14-5-2-3-7-17(14)35-18-9-8-13(22(23,24)25)11-16(18)28(32)33/h2-11H,12H2,1H3,(H,26,29,30). The molecular formula is C22H16F3N3O6S. The van der Waals surface area contributed by atoms with Gasteiger partial charge in [-0.05, 0) is 36.4 Å². The summed E-state index contributed by atoms with van der Waals surface area (Å²) in [6, 6.07) is 10.9. The van der Waals surface area contributed by atoms with Crippen LogP contribution in [0, 0.1) is 10.1 Å². The number of nitro groups is 1. The van der Waals surface area contributed by atoms with E-state index in [1.54, 1.807) is 19.3 Å². The number of hydrogen-bond donors (Lipinski definition) is 1. The third-order valence-electron chi connectivity index (χ3n) is 4.57. The van der Waals surface area contributed by atoms with E-state index < -0.39 is 46.7 Å².